The Labute approximate surface area is 312 Å². The molecule has 6 atom stereocenters. The number of aliphatic hydroxyl groups excluding tert-OH is 1. The number of nitrogens with two attached hydrogens (primary N) is 3. The van der Waals surface area contributed by atoms with Crippen LogP contribution in [0.5, 0.6) is 0 Å². The van der Waals surface area contributed by atoms with Crippen molar-refractivity contribution in [2.75, 3.05) is 31.7 Å². The van der Waals surface area contributed by atoms with E-state index in [0.717, 1.165) is 5.56 Å². The summed E-state index contributed by atoms with van der Waals surface area (Å²) < 4.78 is 0. The number of carboxylic acid groups (broad SMARTS) is 1. The molecule has 0 aliphatic heterocycles. The summed E-state index contributed by atoms with van der Waals surface area (Å²) >= 11 is 1.40. The predicted octanol–water partition coefficient (Wildman–Crippen LogP) is -3.34. The molecule has 0 unspecified atom stereocenters. The van der Waals surface area contributed by atoms with Crippen LogP contribution in [0.3, 0.4) is 0 Å². The molecule has 0 saturated heterocycles. The molecular formula is C33H54N10O9S. The Morgan fingerprint density at radius 2 is 1.40 bits per heavy atom. The maximum absolute atomic E-state index is 13.3. The number of hydrogen-bond donors (Lipinski definition) is 11. The van der Waals surface area contributed by atoms with Gasteiger partial charge in [-0.05, 0) is 56.1 Å². The highest BCUT2D eigenvalue weighted by atomic mass is 32.2. The van der Waals surface area contributed by atoms with E-state index in [1.807, 2.05) is 30.3 Å². The number of rotatable bonds is 24. The third kappa shape index (κ3) is 17.9. The zero-order valence-corrected chi connectivity index (χ0v) is 31.2. The minimum atomic E-state index is -1.57. The Morgan fingerprint density at radius 3 is 1.96 bits per heavy atom. The fourth-order valence-electron chi connectivity index (χ4n) is 4.69. The molecule has 14 N–H and O–H groups in total. The molecular weight excluding hydrogens is 712 g/mol. The van der Waals surface area contributed by atoms with Crippen LogP contribution in [-0.2, 0) is 40.0 Å². The van der Waals surface area contributed by atoms with Crippen molar-refractivity contribution in [3.8, 4) is 0 Å². The standard InChI is InChI=1S/C33H54N10O9S/c1-18(2)26(31(50)42-24(17-44)32(51)52)43-25(45)16-38-29(48)23(12-14-53-4)40-27(46)19(3)39-30(49)22(11-8-13-37-33(35)36)41-28(47)21(34)15-20-9-6-5-7-10-20/h5-7,9-10,18-19,21-24,26,44H,8,11-17,34H2,1-4H3,(H,38,48)(H,39,49)(H,40,46)(H,41,47)(H,42,50)(H,43,45)(H,51,52)(H4,35,36,37)/t19-,21-,22-,23-,24-,26-/m0/s1. The number of guanidine groups is 1. The third-order valence-electron chi connectivity index (χ3n) is 7.70. The number of nitrogens with zero attached hydrogens (tertiary/aromatic N) is 1. The molecule has 0 aliphatic rings. The minimum Gasteiger partial charge on any atom is -0.480 e. The van der Waals surface area contributed by atoms with Gasteiger partial charge in [0.1, 0.15) is 30.2 Å². The minimum absolute atomic E-state index is 0.114. The topological polar surface area (TPSA) is 323 Å². The molecule has 1 aromatic carbocycles. The van der Waals surface area contributed by atoms with Crippen LogP contribution in [0.25, 0.3) is 0 Å². The number of carbonyl (C=O) groups excluding carboxylic acids is 6. The van der Waals surface area contributed by atoms with Gasteiger partial charge in [-0.1, -0.05) is 44.2 Å². The molecule has 53 heavy (non-hydrogen) atoms. The number of amides is 6. The second-order valence-corrected chi connectivity index (χ2v) is 13.5. The summed E-state index contributed by atoms with van der Waals surface area (Å²) in [6.07, 6.45) is 2.61. The molecule has 6 amide bonds. The Balaban J connectivity index is 2.91. The second-order valence-electron chi connectivity index (χ2n) is 12.5. The number of carbonyl (C=O) groups is 7. The first-order valence-corrected chi connectivity index (χ1v) is 18.4. The summed E-state index contributed by atoms with van der Waals surface area (Å²) in [6, 6.07) is 2.00. The lowest BCUT2D eigenvalue weighted by atomic mass is 10.0. The molecule has 296 valence electrons. The summed E-state index contributed by atoms with van der Waals surface area (Å²) in [5.41, 5.74) is 17.7. The fourth-order valence-corrected chi connectivity index (χ4v) is 5.16. The van der Waals surface area contributed by atoms with Gasteiger partial charge in [-0.3, -0.25) is 33.8 Å². The smallest absolute Gasteiger partial charge is 0.328 e. The van der Waals surface area contributed by atoms with Gasteiger partial charge in [0.15, 0.2) is 5.96 Å². The first kappa shape index (κ1) is 46.1. The van der Waals surface area contributed by atoms with Crippen molar-refractivity contribution in [2.45, 2.75) is 82.7 Å². The first-order valence-electron chi connectivity index (χ1n) is 17.0. The van der Waals surface area contributed by atoms with Crippen LogP contribution in [0.4, 0.5) is 0 Å². The Hall–Kier alpha value is -4.95. The van der Waals surface area contributed by atoms with E-state index in [-0.39, 0.29) is 31.8 Å². The molecule has 20 heteroatoms. The van der Waals surface area contributed by atoms with Gasteiger partial charge in [0.25, 0.3) is 0 Å². The number of thioether (sulfide) groups is 1. The Kier molecular flexibility index (Phi) is 21.1. The van der Waals surface area contributed by atoms with Crippen molar-refractivity contribution in [1.82, 2.24) is 31.9 Å². The molecule has 0 saturated carbocycles. The van der Waals surface area contributed by atoms with Gasteiger partial charge in [0.2, 0.25) is 35.4 Å². The maximum Gasteiger partial charge on any atom is 0.328 e. The lowest BCUT2D eigenvalue weighted by molar-refractivity contribution is -0.143. The van der Waals surface area contributed by atoms with Crippen LogP contribution >= 0.6 is 11.8 Å². The quantitative estimate of drug-likeness (QED) is 0.0279. The Bertz CT molecular complexity index is 1410. The summed E-state index contributed by atoms with van der Waals surface area (Å²) in [4.78, 5) is 93.0. The molecule has 0 radical (unpaired) electrons. The Morgan fingerprint density at radius 1 is 0.792 bits per heavy atom. The number of carboxylic acids is 1. The van der Waals surface area contributed by atoms with E-state index < -0.39 is 96.7 Å². The normalized spacial score (nSPS) is 14.2. The van der Waals surface area contributed by atoms with E-state index in [9.17, 15) is 38.7 Å². The number of aliphatic imine (C=N–C) groups is 1. The molecule has 0 heterocycles. The van der Waals surface area contributed by atoms with Gasteiger partial charge >= 0.3 is 5.97 Å². The summed E-state index contributed by atoms with van der Waals surface area (Å²) in [5, 5.41) is 33.1. The average Bonchev–Trinajstić information content (AvgIpc) is 3.10. The van der Waals surface area contributed by atoms with Crippen molar-refractivity contribution in [2.24, 2.45) is 28.1 Å². The van der Waals surface area contributed by atoms with Gasteiger partial charge in [-0.15, -0.1) is 0 Å². The number of aliphatic carboxylic acids is 1. The van der Waals surface area contributed by atoms with Crippen LogP contribution in [-0.4, -0.2) is 126 Å². The van der Waals surface area contributed by atoms with Crippen molar-refractivity contribution in [3.63, 3.8) is 0 Å². The van der Waals surface area contributed by atoms with Crippen LogP contribution in [0, 0.1) is 5.92 Å². The van der Waals surface area contributed by atoms with E-state index in [1.165, 1.54) is 18.7 Å². The monoisotopic (exact) mass is 766 g/mol. The van der Waals surface area contributed by atoms with Crippen LogP contribution < -0.4 is 49.1 Å². The second kappa shape index (κ2) is 24.3. The zero-order chi connectivity index (χ0) is 40.1. The summed E-state index contributed by atoms with van der Waals surface area (Å²) in [5.74, 6) is -5.93. The zero-order valence-electron chi connectivity index (χ0n) is 30.4. The van der Waals surface area contributed by atoms with E-state index in [2.05, 4.69) is 36.9 Å². The lowest BCUT2D eigenvalue weighted by Crippen LogP contribution is -2.58. The highest BCUT2D eigenvalue weighted by Crippen LogP contribution is 2.07. The maximum atomic E-state index is 13.3. The van der Waals surface area contributed by atoms with Crippen molar-refractivity contribution in [3.05, 3.63) is 35.9 Å². The molecule has 0 bridgehead atoms. The average molecular weight is 767 g/mol. The molecule has 0 aliphatic carbocycles. The largest absolute Gasteiger partial charge is 0.480 e. The summed E-state index contributed by atoms with van der Waals surface area (Å²) in [7, 11) is 0. The van der Waals surface area contributed by atoms with E-state index in [1.54, 1.807) is 20.1 Å². The van der Waals surface area contributed by atoms with Crippen molar-refractivity contribution < 1.29 is 43.8 Å². The number of hydrogen-bond acceptors (Lipinski definition) is 11. The molecule has 0 aromatic heterocycles. The van der Waals surface area contributed by atoms with Crippen LogP contribution in [0.2, 0.25) is 0 Å². The van der Waals surface area contributed by atoms with Gasteiger partial charge < -0.3 is 59.3 Å². The van der Waals surface area contributed by atoms with E-state index in [4.69, 9.17) is 22.3 Å². The molecule has 0 spiro atoms. The number of benzene rings is 1. The molecule has 19 nitrogen and oxygen atoms in total. The predicted molar refractivity (Wildman–Crippen MR) is 199 cm³/mol. The van der Waals surface area contributed by atoms with Gasteiger partial charge in [-0.25, -0.2) is 4.79 Å². The van der Waals surface area contributed by atoms with Crippen LogP contribution in [0.1, 0.15) is 45.6 Å². The lowest BCUT2D eigenvalue weighted by Gasteiger charge is -2.25. The number of aliphatic hydroxyl groups is 1. The van der Waals surface area contributed by atoms with Gasteiger partial charge in [-0.2, -0.15) is 11.8 Å². The fraction of sp³-hybridized carbons (Fsp3) is 0.576. The number of nitrogens with one attached hydrogen (secondary N) is 6. The van der Waals surface area contributed by atoms with Gasteiger partial charge in [0.05, 0.1) is 19.2 Å². The van der Waals surface area contributed by atoms with Gasteiger partial charge in [0, 0.05) is 6.54 Å². The highest BCUT2D eigenvalue weighted by Gasteiger charge is 2.30. The SMILES string of the molecule is CSCC[C@H](NC(=O)[C@H](C)NC(=O)[C@H](CCCN=C(N)N)NC(=O)[C@@H](N)Cc1ccccc1)C(=O)NCC(=O)N[C@H](C(=O)N[C@@H](CO)C(=O)O)C(C)C. The van der Waals surface area contributed by atoms with E-state index >= 15 is 0 Å². The molecule has 1 aromatic rings. The van der Waals surface area contributed by atoms with Crippen molar-refractivity contribution >= 4 is 59.1 Å². The first-order chi connectivity index (χ1) is 25.0. The van der Waals surface area contributed by atoms with Crippen molar-refractivity contribution in [1.29, 1.82) is 0 Å². The highest BCUT2D eigenvalue weighted by molar-refractivity contribution is 7.98. The third-order valence-corrected chi connectivity index (χ3v) is 8.34. The molecule has 1 rings (SSSR count). The molecule has 0 fully saturated rings. The van der Waals surface area contributed by atoms with E-state index in [0.29, 0.717) is 12.2 Å². The van der Waals surface area contributed by atoms with Crippen LogP contribution in [0.15, 0.2) is 35.3 Å². The summed E-state index contributed by atoms with van der Waals surface area (Å²) in [6.45, 7) is 3.35.